The molecule has 0 aliphatic heterocycles. The molecule has 0 bridgehead atoms. The van der Waals surface area contributed by atoms with E-state index in [1.165, 1.54) is 16.9 Å². The molecule has 0 fully saturated rings. The van der Waals surface area contributed by atoms with Crippen LogP contribution in [0.3, 0.4) is 0 Å². The molecular formula is C16H15BrO2S. The van der Waals surface area contributed by atoms with Crippen LogP contribution >= 0.6 is 27.3 Å². The van der Waals surface area contributed by atoms with Gasteiger partial charge in [0.2, 0.25) is 5.78 Å². The molecule has 1 aromatic carbocycles. The van der Waals surface area contributed by atoms with Gasteiger partial charge in [-0.05, 0) is 71.9 Å². The molecule has 2 aromatic rings. The fourth-order valence-corrected chi connectivity index (χ4v) is 4.26. The Morgan fingerprint density at radius 3 is 2.90 bits per heavy atom. The number of ether oxygens (including phenoxy) is 1. The van der Waals surface area contributed by atoms with Crippen molar-refractivity contribution in [3.63, 3.8) is 0 Å². The van der Waals surface area contributed by atoms with E-state index in [9.17, 15) is 4.79 Å². The van der Waals surface area contributed by atoms with Crippen LogP contribution in [0.1, 0.15) is 39.0 Å². The standard InChI is InChI=1S/C16H15BrO2S/c1-2-19-11-6-7-12(13(17)9-11)16(18)15-8-10-4-3-5-14(10)20-15/h6-9H,2-5H2,1H3. The number of aryl methyl sites for hydroxylation is 2. The van der Waals surface area contributed by atoms with Crippen LogP contribution in [0.2, 0.25) is 0 Å². The van der Waals surface area contributed by atoms with Crippen molar-refractivity contribution in [2.45, 2.75) is 26.2 Å². The quantitative estimate of drug-likeness (QED) is 0.751. The van der Waals surface area contributed by atoms with E-state index in [0.717, 1.165) is 27.9 Å². The number of carbonyl (C=O) groups is 1. The third kappa shape index (κ3) is 2.54. The van der Waals surface area contributed by atoms with E-state index in [0.29, 0.717) is 12.2 Å². The zero-order valence-electron chi connectivity index (χ0n) is 11.2. The molecule has 0 saturated carbocycles. The molecule has 0 saturated heterocycles. The first-order valence-electron chi connectivity index (χ1n) is 6.77. The third-order valence-electron chi connectivity index (χ3n) is 3.47. The Kier molecular flexibility index (Phi) is 3.94. The fraction of sp³-hybridized carbons (Fsp3) is 0.312. The molecule has 0 amide bonds. The van der Waals surface area contributed by atoms with Crippen LogP contribution < -0.4 is 4.74 Å². The largest absolute Gasteiger partial charge is 0.494 e. The molecule has 0 unspecified atom stereocenters. The third-order valence-corrected chi connectivity index (χ3v) is 5.36. The minimum absolute atomic E-state index is 0.0966. The Bertz CT molecular complexity index is 639. The van der Waals surface area contributed by atoms with Crippen LogP contribution in [-0.2, 0) is 12.8 Å². The van der Waals surface area contributed by atoms with Crippen LogP contribution in [0.4, 0.5) is 0 Å². The maximum atomic E-state index is 12.6. The molecule has 1 aromatic heterocycles. The minimum Gasteiger partial charge on any atom is -0.494 e. The van der Waals surface area contributed by atoms with Crippen molar-refractivity contribution in [1.29, 1.82) is 0 Å². The van der Waals surface area contributed by atoms with Gasteiger partial charge in [-0.2, -0.15) is 0 Å². The van der Waals surface area contributed by atoms with Crippen LogP contribution in [0, 0.1) is 0 Å². The summed E-state index contributed by atoms with van der Waals surface area (Å²) in [6.07, 6.45) is 3.46. The molecule has 0 radical (unpaired) electrons. The van der Waals surface area contributed by atoms with Gasteiger partial charge in [-0.15, -0.1) is 11.3 Å². The lowest BCUT2D eigenvalue weighted by atomic mass is 10.1. The smallest absolute Gasteiger partial charge is 0.204 e. The number of hydrogen-bond donors (Lipinski definition) is 0. The van der Waals surface area contributed by atoms with Gasteiger partial charge < -0.3 is 4.74 Å². The van der Waals surface area contributed by atoms with Gasteiger partial charge in [-0.1, -0.05) is 0 Å². The predicted molar refractivity (Wildman–Crippen MR) is 85.1 cm³/mol. The average Bonchev–Trinajstić information content (AvgIpc) is 2.99. The monoisotopic (exact) mass is 350 g/mol. The summed E-state index contributed by atoms with van der Waals surface area (Å²) in [6.45, 7) is 2.57. The van der Waals surface area contributed by atoms with E-state index in [1.807, 2.05) is 25.1 Å². The molecule has 0 spiro atoms. The predicted octanol–water partition coefficient (Wildman–Crippen LogP) is 4.63. The van der Waals surface area contributed by atoms with Gasteiger partial charge in [-0.3, -0.25) is 4.79 Å². The molecule has 1 aliphatic carbocycles. The number of carbonyl (C=O) groups excluding carboxylic acids is 1. The topological polar surface area (TPSA) is 26.3 Å². The Balaban J connectivity index is 1.89. The number of rotatable bonds is 4. The normalized spacial score (nSPS) is 13.3. The fourth-order valence-electron chi connectivity index (χ4n) is 2.51. The van der Waals surface area contributed by atoms with E-state index in [4.69, 9.17) is 4.74 Å². The van der Waals surface area contributed by atoms with Gasteiger partial charge in [0.15, 0.2) is 0 Å². The van der Waals surface area contributed by atoms with Crippen molar-refractivity contribution in [2.75, 3.05) is 6.61 Å². The molecule has 1 aliphatic rings. The maximum absolute atomic E-state index is 12.6. The summed E-state index contributed by atoms with van der Waals surface area (Å²) < 4.78 is 6.23. The summed E-state index contributed by atoms with van der Waals surface area (Å²) >= 11 is 5.12. The summed E-state index contributed by atoms with van der Waals surface area (Å²) in [7, 11) is 0. The zero-order chi connectivity index (χ0) is 14.1. The maximum Gasteiger partial charge on any atom is 0.204 e. The Morgan fingerprint density at radius 2 is 2.20 bits per heavy atom. The van der Waals surface area contributed by atoms with Gasteiger partial charge >= 0.3 is 0 Å². The highest BCUT2D eigenvalue weighted by Crippen LogP contribution is 2.33. The number of hydrogen-bond acceptors (Lipinski definition) is 3. The van der Waals surface area contributed by atoms with E-state index in [1.54, 1.807) is 11.3 Å². The van der Waals surface area contributed by atoms with Gasteiger partial charge in [-0.25, -0.2) is 0 Å². The summed E-state index contributed by atoms with van der Waals surface area (Å²) in [6, 6.07) is 7.61. The van der Waals surface area contributed by atoms with Gasteiger partial charge in [0.05, 0.1) is 11.5 Å². The average molecular weight is 351 g/mol. The SMILES string of the molecule is CCOc1ccc(C(=O)c2cc3c(s2)CCC3)c(Br)c1. The van der Waals surface area contributed by atoms with E-state index >= 15 is 0 Å². The van der Waals surface area contributed by atoms with Gasteiger partial charge in [0.1, 0.15) is 5.75 Å². The van der Waals surface area contributed by atoms with Gasteiger partial charge in [0.25, 0.3) is 0 Å². The number of benzene rings is 1. The van der Waals surface area contributed by atoms with Crippen molar-refractivity contribution in [3.8, 4) is 5.75 Å². The molecule has 4 heteroatoms. The first-order chi connectivity index (χ1) is 9.69. The van der Waals surface area contributed by atoms with E-state index in [2.05, 4.69) is 22.0 Å². The van der Waals surface area contributed by atoms with Crippen LogP contribution in [0.25, 0.3) is 0 Å². The van der Waals surface area contributed by atoms with Crippen molar-refractivity contribution in [3.05, 3.63) is 49.6 Å². The number of fused-ring (bicyclic) bond motifs is 1. The second kappa shape index (κ2) is 5.70. The second-order valence-corrected chi connectivity index (χ2v) is 6.81. The lowest BCUT2D eigenvalue weighted by Crippen LogP contribution is -2.01. The lowest BCUT2D eigenvalue weighted by Gasteiger charge is -2.06. The van der Waals surface area contributed by atoms with Crippen LogP contribution in [0.5, 0.6) is 5.75 Å². The molecule has 1 heterocycles. The highest BCUT2D eigenvalue weighted by Gasteiger charge is 2.20. The minimum atomic E-state index is 0.0966. The Hall–Kier alpha value is -1.13. The highest BCUT2D eigenvalue weighted by atomic mass is 79.9. The highest BCUT2D eigenvalue weighted by molar-refractivity contribution is 9.10. The summed E-state index contributed by atoms with van der Waals surface area (Å²) in [5.74, 6) is 0.879. The molecule has 0 atom stereocenters. The second-order valence-electron chi connectivity index (χ2n) is 4.82. The zero-order valence-corrected chi connectivity index (χ0v) is 13.6. The van der Waals surface area contributed by atoms with E-state index < -0.39 is 0 Å². The Morgan fingerprint density at radius 1 is 1.35 bits per heavy atom. The first-order valence-corrected chi connectivity index (χ1v) is 8.38. The van der Waals surface area contributed by atoms with Crippen LogP contribution in [0.15, 0.2) is 28.7 Å². The summed E-state index contributed by atoms with van der Waals surface area (Å²) in [5, 5.41) is 0. The van der Waals surface area contributed by atoms with Gasteiger partial charge in [0, 0.05) is 14.9 Å². The van der Waals surface area contributed by atoms with Crippen LogP contribution in [-0.4, -0.2) is 12.4 Å². The number of ketones is 1. The van der Waals surface area contributed by atoms with E-state index in [-0.39, 0.29) is 5.78 Å². The van der Waals surface area contributed by atoms with Crippen molar-refractivity contribution < 1.29 is 9.53 Å². The Labute approximate surface area is 130 Å². The molecular weight excluding hydrogens is 336 g/mol. The summed E-state index contributed by atoms with van der Waals surface area (Å²) in [5.41, 5.74) is 2.06. The number of halogens is 1. The lowest BCUT2D eigenvalue weighted by molar-refractivity contribution is 0.104. The van der Waals surface area contributed by atoms with Crippen molar-refractivity contribution in [2.24, 2.45) is 0 Å². The summed E-state index contributed by atoms with van der Waals surface area (Å²) in [4.78, 5) is 14.8. The van der Waals surface area contributed by atoms with Crippen molar-refractivity contribution >= 4 is 33.0 Å². The first kappa shape index (κ1) is 13.8. The molecule has 2 nitrogen and oxygen atoms in total. The molecule has 0 N–H and O–H groups in total. The molecule has 104 valence electrons. The molecule has 3 rings (SSSR count). The van der Waals surface area contributed by atoms with Crippen molar-refractivity contribution in [1.82, 2.24) is 0 Å². The number of thiophene rings is 1. The molecule has 20 heavy (non-hydrogen) atoms.